The van der Waals surface area contributed by atoms with Crippen LogP contribution in [0.15, 0.2) is 30.3 Å². The molecule has 2 aliphatic rings. The molecule has 2 unspecified atom stereocenters. The Morgan fingerprint density at radius 1 is 1.18 bits per heavy atom. The SMILES string of the molecule is O=C1CCCN1CC(O)CN1CCC(Cc2ccccc2)C1. The monoisotopic (exact) mass is 302 g/mol. The summed E-state index contributed by atoms with van der Waals surface area (Å²) >= 11 is 0. The minimum absolute atomic E-state index is 0.197. The molecule has 0 radical (unpaired) electrons. The zero-order valence-corrected chi connectivity index (χ0v) is 13.2. The van der Waals surface area contributed by atoms with Crippen LogP contribution in [0, 0.1) is 5.92 Å². The van der Waals surface area contributed by atoms with Gasteiger partial charge in [0.05, 0.1) is 6.10 Å². The topological polar surface area (TPSA) is 43.8 Å². The summed E-state index contributed by atoms with van der Waals surface area (Å²) in [6.07, 6.45) is 3.49. The summed E-state index contributed by atoms with van der Waals surface area (Å²) < 4.78 is 0. The van der Waals surface area contributed by atoms with E-state index in [1.807, 2.05) is 4.90 Å². The van der Waals surface area contributed by atoms with E-state index in [9.17, 15) is 9.90 Å². The molecule has 1 aromatic carbocycles. The molecule has 4 heteroatoms. The van der Waals surface area contributed by atoms with Crippen molar-refractivity contribution in [1.29, 1.82) is 0 Å². The van der Waals surface area contributed by atoms with E-state index < -0.39 is 6.10 Å². The van der Waals surface area contributed by atoms with Crippen molar-refractivity contribution in [3.63, 3.8) is 0 Å². The Bertz CT molecular complexity index is 491. The normalized spacial score (nSPS) is 24.1. The Hall–Kier alpha value is -1.39. The fraction of sp³-hybridized carbons (Fsp3) is 0.611. The number of nitrogens with zero attached hydrogens (tertiary/aromatic N) is 2. The van der Waals surface area contributed by atoms with Crippen LogP contribution in [0.5, 0.6) is 0 Å². The van der Waals surface area contributed by atoms with Crippen molar-refractivity contribution in [3.05, 3.63) is 35.9 Å². The third kappa shape index (κ3) is 4.08. The van der Waals surface area contributed by atoms with Gasteiger partial charge in [0.25, 0.3) is 0 Å². The first-order valence-corrected chi connectivity index (χ1v) is 8.43. The van der Waals surface area contributed by atoms with Gasteiger partial charge in [0, 0.05) is 32.6 Å². The highest BCUT2D eigenvalue weighted by Gasteiger charge is 2.27. The van der Waals surface area contributed by atoms with Gasteiger partial charge in [-0.05, 0) is 37.3 Å². The van der Waals surface area contributed by atoms with Crippen LogP contribution >= 0.6 is 0 Å². The predicted octanol–water partition coefficient (Wildman–Crippen LogP) is 1.53. The maximum atomic E-state index is 11.6. The third-order valence-corrected chi connectivity index (χ3v) is 4.81. The Kier molecular flexibility index (Phi) is 5.11. The predicted molar refractivity (Wildman–Crippen MR) is 86.5 cm³/mol. The van der Waals surface area contributed by atoms with Crippen molar-refractivity contribution in [1.82, 2.24) is 9.80 Å². The van der Waals surface area contributed by atoms with Gasteiger partial charge in [-0.1, -0.05) is 30.3 Å². The third-order valence-electron chi connectivity index (χ3n) is 4.81. The molecule has 2 fully saturated rings. The number of aliphatic hydroxyl groups excluding tert-OH is 1. The maximum absolute atomic E-state index is 11.6. The minimum Gasteiger partial charge on any atom is -0.390 e. The number of hydrogen-bond acceptors (Lipinski definition) is 3. The average molecular weight is 302 g/mol. The van der Waals surface area contributed by atoms with Gasteiger partial charge in [-0.3, -0.25) is 4.79 Å². The lowest BCUT2D eigenvalue weighted by atomic mass is 9.99. The summed E-state index contributed by atoms with van der Waals surface area (Å²) in [6.45, 7) is 4.11. The largest absolute Gasteiger partial charge is 0.390 e. The van der Waals surface area contributed by atoms with Gasteiger partial charge in [-0.25, -0.2) is 0 Å². The first-order chi connectivity index (χ1) is 10.7. The first kappa shape index (κ1) is 15.5. The van der Waals surface area contributed by atoms with Crippen LogP contribution in [0.1, 0.15) is 24.8 Å². The second-order valence-electron chi connectivity index (χ2n) is 6.70. The molecule has 1 N–H and O–H groups in total. The molecule has 0 bridgehead atoms. The molecule has 4 nitrogen and oxygen atoms in total. The molecule has 22 heavy (non-hydrogen) atoms. The molecule has 0 aliphatic carbocycles. The molecule has 1 aromatic rings. The van der Waals surface area contributed by atoms with Crippen molar-refractivity contribution in [2.75, 3.05) is 32.7 Å². The van der Waals surface area contributed by atoms with Gasteiger partial charge in [-0.2, -0.15) is 0 Å². The molecule has 120 valence electrons. The van der Waals surface area contributed by atoms with Crippen LogP contribution in [0.25, 0.3) is 0 Å². The van der Waals surface area contributed by atoms with Crippen molar-refractivity contribution >= 4 is 5.91 Å². The van der Waals surface area contributed by atoms with E-state index in [1.54, 1.807) is 0 Å². The zero-order valence-electron chi connectivity index (χ0n) is 13.2. The van der Waals surface area contributed by atoms with Gasteiger partial charge in [0.1, 0.15) is 0 Å². The first-order valence-electron chi connectivity index (χ1n) is 8.43. The Morgan fingerprint density at radius 2 is 2.00 bits per heavy atom. The number of carbonyl (C=O) groups is 1. The quantitative estimate of drug-likeness (QED) is 0.867. The van der Waals surface area contributed by atoms with Gasteiger partial charge in [0.2, 0.25) is 5.91 Å². The number of β-amino-alcohol motifs (C(OH)–C–C–N with tert-alkyl or cyclic N) is 1. The standard InChI is InChI=1S/C18H26N2O2/c21-17(14-20-9-4-7-18(20)22)13-19-10-8-16(12-19)11-15-5-2-1-3-6-15/h1-3,5-6,16-17,21H,4,7-14H2. The molecule has 0 saturated carbocycles. The van der Waals surface area contributed by atoms with E-state index >= 15 is 0 Å². The molecule has 0 aromatic heterocycles. The molecule has 2 atom stereocenters. The number of aliphatic hydroxyl groups is 1. The van der Waals surface area contributed by atoms with Crippen molar-refractivity contribution in [3.8, 4) is 0 Å². The van der Waals surface area contributed by atoms with E-state index in [0.717, 1.165) is 32.5 Å². The van der Waals surface area contributed by atoms with Crippen molar-refractivity contribution < 1.29 is 9.90 Å². The van der Waals surface area contributed by atoms with Crippen LogP contribution in [-0.4, -0.2) is 59.6 Å². The Balaban J connectivity index is 1.41. The molecule has 3 rings (SSSR count). The summed E-state index contributed by atoms with van der Waals surface area (Å²) in [7, 11) is 0. The second-order valence-corrected chi connectivity index (χ2v) is 6.70. The highest BCUT2D eigenvalue weighted by atomic mass is 16.3. The second kappa shape index (κ2) is 7.25. The maximum Gasteiger partial charge on any atom is 0.222 e. The summed E-state index contributed by atoms with van der Waals surface area (Å²) in [6, 6.07) is 10.6. The van der Waals surface area contributed by atoms with E-state index in [1.165, 1.54) is 12.0 Å². The fourth-order valence-electron chi connectivity index (χ4n) is 3.70. The molecular weight excluding hydrogens is 276 g/mol. The molecule has 2 aliphatic heterocycles. The summed E-state index contributed by atoms with van der Waals surface area (Å²) in [4.78, 5) is 15.8. The summed E-state index contributed by atoms with van der Waals surface area (Å²) in [5, 5.41) is 10.2. The fourth-order valence-corrected chi connectivity index (χ4v) is 3.70. The molecule has 0 spiro atoms. The molecular formula is C18H26N2O2. The van der Waals surface area contributed by atoms with Crippen molar-refractivity contribution in [2.24, 2.45) is 5.92 Å². The molecule has 2 saturated heterocycles. The Morgan fingerprint density at radius 3 is 2.73 bits per heavy atom. The van der Waals surface area contributed by atoms with Gasteiger partial charge < -0.3 is 14.9 Å². The van der Waals surface area contributed by atoms with Crippen LogP contribution < -0.4 is 0 Å². The van der Waals surface area contributed by atoms with Crippen LogP contribution in [0.2, 0.25) is 0 Å². The van der Waals surface area contributed by atoms with Crippen LogP contribution in [0.4, 0.5) is 0 Å². The Labute approximate surface area is 132 Å². The number of rotatable bonds is 6. The number of carbonyl (C=O) groups excluding carboxylic acids is 1. The summed E-state index contributed by atoms with van der Waals surface area (Å²) in [5.74, 6) is 0.880. The van der Waals surface area contributed by atoms with E-state index in [4.69, 9.17) is 0 Å². The molecule has 2 heterocycles. The molecule has 1 amide bonds. The number of amides is 1. The minimum atomic E-state index is -0.419. The highest BCUT2D eigenvalue weighted by Crippen LogP contribution is 2.21. The number of hydrogen-bond donors (Lipinski definition) is 1. The number of likely N-dealkylation sites (tertiary alicyclic amines) is 2. The van der Waals surface area contributed by atoms with Crippen molar-refractivity contribution in [2.45, 2.75) is 31.8 Å². The lowest BCUT2D eigenvalue weighted by molar-refractivity contribution is -0.129. The number of benzene rings is 1. The smallest absolute Gasteiger partial charge is 0.222 e. The lowest BCUT2D eigenvalue weighted by Crippen LogP contribution is -2.40. The van der Waals surface area contributed by atoms with Gasteiger partial charge in [-0.15, -0.1) is 0 Å². The zero-order chi connectivity index (χ0) is 15.4. The highest BCUT2D eigenvalue weighted by molar-refractivity contribution is 5.78. The van der Waals surface area contributed by atoms with E-state index in [0.29, 0.717) is 25.4 Å². The van der Waals surface area contributed by atoms with E-state index in [2.05, 4.69) is 35.2 Å². The van der Waals surface area contributed by atoms with Gasteiger partial charge >= 0.3 is 0 Å². The van der Waals surface area contributed by atoms with Gasteiger partial charge in [0.15, 0.2) is 0 Å². The van der Waals surface area contributed by atoms with E-state index in [-0.39, 0.29) is 5.91 Å². The van der Waals surface area contributed by atoms with Crippen LogP contribution in [-0.2, 0) is 11.2 Å². The summed E-state index contributed by atoms with van der Waals surface area (Å²) in [5.41, 5.74) is 1.40. The average Bonchev–Trinajstić information content (AvgIpc) is 3.10. The lowest BCUT2D eigenvalue weighted by Gasteiger charge is -2.24. The van der Waals surface area contributed by atoms with Crippen LogP contribution in [0.3, 0.4) is 0 Å².